The molecule has 1 aromatic carbocycles. The van der Waals surface area contributed by atoms with Crippen molar-refractivity contribution in [3.8, 4) is 0 Å². The molecule has 1 unspecified atom stereocenters. The number of piperidine rings is 1. The van der Waals surface area contributed by atoms with E-state index in [4.69, 9.17) is 5.11 Å². The zero-order valence-electron chi connectivity index (χ0n) is 10.9. The van der Waals surface area contributed by atoms with Crippen LogP contribution >= 0.6 is 0 Å². The molecule has 3 N–H and O–H groups in total. The fraction of sp³-hybridized carbons (Fsp3) is 0.500. The van der Waals surface area contributed by atoms with E-state index in [-0.39, 0.29) is 19.1 Å². The van der Waals surface area contributed by atoms with Gasteiger partial charge >= 0.3 is 0 Å². The summed E-state index contributed by atoms with van der Waals surface area (Å²) in [6.07, 6.45) is 1.84. The Labute approximate surface area is 112 Å². The fourth-order valence-electron chi connectivity index (χ4n) is 2.16. The lowest BCUT2D eigenvalue weighted by Gasteiger charge is -2.27. The molecule has 5 heteroatoms. The highest BCUT2D eigenvalue weighted by Crippen LogP contribution is 2.23. The molecule has 0 radical (unpaired) electrons. The van der Waals surface area contributed by atoms with Crippen molar-refractivity contribution < 1.29 is 15.0 Å². The molecule has 0 spiro atoms. The van der Waals surface area contributed by atoms with Crippen molar-refractivity contribution in [1.82, 2.24) is 0 Å². The standard InChI is InChI=1S/C14H20N2O3/c17-10-13(18)9-15-11-4-3-5-12(8-11)16-7-2-1-6-14(16)19/h3-5,8,13,15,17-18H,1-2,6-7,9-10H2. The third kappa shape index (κ3) is 3.68. The Hall–Kier alpha value is -1.59. The van der Waals surface area contributed by atoms with Gasteiger partial charge in [0.1, 0.15) is 0 Å². The number of aliphatic hydroxyl groups is 2. The van der Waals surface area contributed by atoms with Gasteiger partial charge in [-0.3, -0.25) is 4.79 Å². The van der Waals surface area contributed by atoms with Gasteiger partial charge in [-0.05, 0) is 31.0 Å². The summed E-state index contributed by atoms with van der Waals surface area (Å²) in [6.45, 7) is 0.784. The summed E-state index contributed by atoms with van der Waals surface area (Å²) in [6, 6.07) is 7.57. The van der Waals surface area contributed by atoms with E-state index >= 15 is 0 Å². The van der Waals surface area contributed by atoms with Gasteiger partial charge in [0.15, 0.2) is 0 Å². The van der Waals surface area contributed by atoms with Crippen molar-refractivity contribution in [1.29, 1.82) is 0 Å². The molecular weight excluding hydrogens is 244 g/mol. The minimum absolute atomic E-state index is 0.166. The molecule has 1 aliphatic rings. The highest BCUT2D eigenvalue weighted by Gasteiger charge is 2.19. The number of nitrogens with zero attached hydrogens (tertiary/aromatic N) is 1. The average molecular weight is 264 g/mol. The van der Waals surface area contributed by atoms with Gasteiger partial charge in [0.25, 0.3) is 0 Å². The largest absolute Gasteiger partial charge is 0.394 e. The molecule has 19 heavy (non-hydrogen) atoms. The Morgan fingerprint density at radius 3 is 2.95 bits per heavy atom. The molecule has 0 saturated carbocycles. The van der Waals surface area contributed by atoms with Gasteiger partial charge in [-0.1, -0.05) is 6.07 Å². The van der Waals surface area contributed by atoms with Crippen LogP contribution in [0.25, 0.3) is 0 Å². The maximum absolute atomic E-state index is 11.9. The molecule has 1 aromatic rings. The number of rotatable bonds is 5. The van der Waals surface area contributed by atoms with Crippen LogP contribution in [0, 0.1) is 0 Å². The number of aliphatic hydroxyl groups excluding tert-OH is 2. The van der Waals surface area contributed by atoms with Crippen molar-refractivity contribution in [3.63, 3.8) is 0 Å². The Kier molecular flexibility index (Phi) is 4.76. The lowest BCUT2D eigenvalue weighted by atomic mass is 10.1. The van der Waals surface area contributed by atoms with E-state index in [2.05, 4.69) is 5.32 Å². The number of hydrogen-bond acceptors (Lipinski definition) is 4. The van der Waals surface area contributed by atoms with E-state index in [1.807, 2.05) is 24.3 Å². The second kappa shape index (κ2) is 6.54. The van der Waals surface area contributed by atoms with Crippen LogP contribution in [0.5, 0.6) is 0 Å². The van der Waals surface area contributed by atoms with Crippen LogP contribution in [0.2, 0.25) is 0 Å². The third-order valence-corrected chi connectivity index (χ3v) is 3.23. The molecule has 0 aromatic heterocycles. The number of carbonyl (C=O) groups excluding carboxylic acids is 1. The minimum atomic E-state index is -0.778. The molecular formula is C14H20N2O3. The van der Waals surface area contributed by atoms with Crippen LogP contribution in [-0.4, -0.2) is 41.9 Å². The van der Waals surface area contributed by atoms with Crippen molar-refractivity contribution >= 4 is 17.3 Å². The molecule has 0 bridgehead atoms. The first-order valence-corrected chi connectivity index (χ1v) is 6.64. The molecule has 1 amide bonds. The summed E-state index contributed by atoms with van der Waals surface area (Å²) in [7, 11) is 0. The van der Waals surface area contributed by atoms with Crippen LogP contribution < -0.4 is 10.2 Å². The van der Waals surface area contributed by atoms with Crippen LogP contribution in [0.3, 0.4) is 0 Å². The summed E-state index contributed by atoms with van der Waals surface area (Å²) in [4.78, 5) is 13.7. The Bertz CT molecular complexity index is 436. The minimum Gasteiger partial charge on any atom is -0.394 e. The SMILES string of the molecule is O=C1CCCCN1c1cccc(NCC(O)CO)c1. The number of benzene rings is 1. The van der Waals surface area contributed by atoms with Gasteiger partial charge in [-0.15, -0.1) is 0 Å². The van der Waals surface area contributed by atoms with E-state index in [0.29, 0.717) is 6.42 Å². The monoisotopic (exact) mass is 264 g/mol. The van der Waals surface area contributed by atoms with Gasteiger partial charge in [0, 0.05) is 30.9 Å². The number of nitrogens with one attached hydrogen (secondary N) is 1. The number of amides is 1. The zero-order chi connectivity index (χ0) is 13.7. The average Bonchev–Trinajstić information content (AvgIpc) is 2.45. The first-order valence-electron chi connectivity index (χ1n) is 6.64. The highest BCUT2D eigenvalue weighted by molar-refractivity contribution is 5.94. The molecule has 104 valence electrons. The fourth-order valence-corrected chi connectivity index (χ4v) is 2.16. The zero-order valence-corrected chi connectivity index (χ0v) is 10.9. The van der Waals surface area contributed by atoms with Crippen LogP contribution in [0.4, 0.5) is 11.4 Å². The van der Waals surface area contributed by atoms with E-state index in [9.17, 15) is 9.90 Å². The molecule has 1 fully saturated rings. The number of carbonyl (C=O) groups is 1. The Morgan fingerprint density at radius 1 is 1.37 bits per heavy atom. The van der Waals surface area contributed by atoms with Gasteiger partial charge in [0.05, 0.1) is 12.7 Å². The second-order valence-electron chi connectivity index (χ2n) is 4.77. The quantitative estimate of drug-likeness (QED) is 0.741. The summed E-state index contributed by atoms with van der Waals surface area (Å²) in [5.41, 5.74) is 1.72. The van der Waals surface area contributed by atoms with Crippen molar-refractivity contribution in [2.24, 2.45) is 0 Å². The van der Waals surface area contributed by atoms with E-state index in [0.717, 1.165) is 30.8 Å². The second-order valence-corrected chi connectivity index (χ2v) is 4.77. The van der Waals surface area contributed by atoms with Gasteiger partial charge < -0.3 is 20.4 Å². The van der Waals surface area contributed by atoms with Crippen LogP contribution in [0.1, 0.15) is 19.3 Å². The highest BCUT2D eigenvalue weighted by atomic mass is 16.3. The van der Waals surface area contributed by atoms with Gasteiger partial charge in [0.2, 0.25) is 5.91 Å². The predicted molar refractivity (Wildman–Crippen MR) is 74.2 cm³/mol. The normalized spacial score (nSPS) is 17.4. The molecule has 1 heterocycles. The topological polar surface area (TPSA) is 72.8 Å². The van der Waals surface area contributed by atoms with Crippen LogP contribution in [-0.2, 0) is 4.79 Å². The molecule has 0 aliphatic carbocycles. The first-order chi connectivity index (χ1) is 9.20. The Morgan fingerprint density at radius 2 is 2.21 bits per heavy atom. The summed E-state index contributed by atoms with van der Waals surface area (Å²) >= 11 is 0. The molecule has 1 saturated heterocycles. The lowest BCUT2D eigenvalue weighted by Crippen LogP contribution is -2.35. The molecule has 1 aliphatic heterocycles. The summed E-state index contributed by atoms with van der Waals surface area (Å²) in [5, 5.41) is 21.1. The maximum Gasteiger partial charge on any atom is 0.226 e. The van der Waals surface area contributed by atoms with E-state index in [1.54, 1.807) is 4.90 Å². The van der Waals surface area contributed by atoms with E-state index in [1.165, 1.54) is 0 Å². The summed E-state index contributed by atoms with van der Waals surface area (Å²) < 4.78 is 0. The molecule has 5 nitrogen and oxygen atoms in total. The van der Waals surface area contributed by atoms with Crippen molar-refractivity contribution in [2.75, 3.05) is 29.9 Å². The van der Waals surface area contributed by atoms with E-state index < -0.39 is 6.10 Å². The smallest absolute Gasteiger partial charge is 0.226 e. The molecule has 1 atom stereocenters. The Balaban J connectivity index is 2.04. The summed E-state index contributed by atoms with van der Waals surface area (Å²) in [5.74, 6) is 0.166. The van der Waals surface area contributed by atoms with Gasteiger partial charge in [-0.25, -0.2) is 0 Å². The number of anilines is 2. The lowest BCUT2D eigenvalue weighted by molar-refractivity contribution is -0.119. The predicted octanol–water partition coefficient (Wildman–Crippen LogP) is 0.969. The van der Waals surface area contributed by atoms with Crippen LogP contribution in [0.15, 0.2) is 24.3 Å². The third-order valence-electron chi connectivity index (χ3n) is 3.23. The number of hydrogen-bond donors (Lipinski definition) is 3. The van der Waals surface area contributed by atoms with Crippen molar-refractivity contribution in [2.45, 2.75) is 25.4 Å². The first kappa shape index (κ1) is 13.8. The molecule has 2 rings (SSSR count). The van der Waals surface area contributed by atoms with Crippen molar-refractivity contribution in [3.05, 3.63) is 24.3 Å². The van der Waals surface area contributed by atoms with Gasteiger partial charge in [-0.2, -0.15) is 0 Å². The maximum atomic E-state index is 11.9.